The molecule has 1 aromatic carbocycles. The number of benzene rings is 1. The Morgan fingerprint density at radius 3 is 2.59 bits per heavy atom. The molecule has 1 unspecified atom stereocenters. The summed E-state index contributed by atoms with van der Waals surface area (Å²) in [6.07, 6.45) is -0.262. The van der Waals surface area contributed by atoms with Gasteiger partial charge in [-0.05, 0) is 37.6 Å². The van der Waals surface area contributed by atoms with Gasteiger partial charge in [-0.2, -0.15) is 0 Å². The molecule has 0 aliphatic carbocycles. The Morgan fingerprint density at radius 2 is 1.85 bits per heavy atom. The third kappa shape index (κ3) is 3.08. The van der Waals surface area contributed by atoms with Gasteiger partial charge in [-0.15, -0.1) is 0 Å². The van der Waals surface area contributed by atoms with E-state index in [2.05, 4.69) is 16.0 Å². The number of nitrogens with zero attached hydrogens (tertiary/aromatic N) is 1. The van der Waals surface area contributed by atoms with E-state index in [1.807, 2.05) is 0 Å². The number of piperidine rings is 2. The smallest absolute Gasteiger partial charge is 0.262 e. The third-order valence-corrected chi connectivity index (χ3v) is 5.20. The highest BCUT2D eigenvalue weighted by atomic mass is 19.1. The molecule has 0 bridgehead atoms. The van der Waals surface area contributed by atoms with Crippen molar-refractivity contribution in [2.24, 2.45) is 0 Å². The van der Waals surface area contributed by atoms with Crippen LogP contribution in [0.5, 0.6) is 0 Å². The van der Waals surface area contributed by atoms with Crippen molar-refractivity contribution >= 4 is 29.3 Å². The molecule has 3 atom stereocenters. The van der Waals surface area contributed by atoms with Gasteiger partial charge in [0.05, 0.1) is 17.2 Å². The van der Waals surface area contributed by atoms with Crippen LogP contribution < -0.4 is 16.0 Å². The fourth-order valence-corrected chi connectivity index (χ4v) is 3.76. The average molecular weight is 374 g/mol. The second kappa shape index (κ2) is 6.73. The molecule has 4 amide bonds. The number of anilines is 1. The van der Waals surface area contributed by atoms with Crippen LogP contribution >= 0.6 is 0 Å². The minimum Gasteiger partial charge on any atom is -0.379 e. The van der Waals surface area contributed by atoms with E-state index in [0.29, 0.717) is 18.7 Å². The Hall–Kier alpha value is -2.81. The molecule has 3 heterocycles. The summed E-state index contributed by atoms with van der Waals surface area (Å²) in [4.78, 5) is 49.7. The third-order valence-electron chi connectivity index (χ3n) is 5.20. The van der Waals surface area contributed by atoms with E-state index in [4.69, 9.17) is 0 Å². The van der Waals surface area contributed by atoms with Crippen LogP contribution in [0.15, 0.2) is 18.2 Å². The van der Waals surface area contributed by atoms with E-state index in [-0.39, 0.29) is 36.6 Å². The zero-order valence-electron chi connectivity index (χ0n) is 14.5. The summed E-state index contributed by atoms with van der Waals surface area (Å²) >= 11 is 0. The van der Waals surface area contributed by atoms with Crippen molar-refractivity contribution in [1.82, 2.24) is 15.5 Å². The second-order valence-electron chi connectivity index (χ2n) is 6.97. The molecule has 0 radical (unpaired) electrons. The molecule has 1 aromatic rings. The highest BCUT2D eigenvalue weighted by molar-refractivity contribution is 6.23. The Kier molecular flexibility index (Phi) is 4.39. The lowest BCUT2D eigenvalue weighted by molar-refractivity contribution is -0.136. The van der Waals surface area contributed by atoms with Crippen molar-refractivity contribution in [3.8, 4) is 0 Å². The maximum Gasteiger partial charge on any atom is 0.262 e. The molecule has 8 nitrogen and oxygen atoms in total. The van der Waals surface area contributed by atoms with Crippen LogP contribution in [-0.4, -0.2) is 59.9 Å². The van der Waals surface area contributed by atoms with Crippen molar-refractivity contribution in [2.75, 3.05) is 18.4 Å². The van der Waals surface area contributed by atoms with Gasteiger partial charge in [-0.1, -0.05) is 0 Å². The first-order valence-electron chi connectivity index (χ1n) is 8.92. The number of alkyl halides is 1. The second-order valence-corrected chi connectivity index (χ2v) is 6.97. The fourth-order valence-electron chi connectivity index (χ4n) is 3.76. The van der Waals surface area contributed by atoms with Crippen LogP contribution in [0.25, 0.3) is 0 Å². The Balaban J connectivity index is 1.56. The van der Waals surface area contributed by atoms with Gasteiger partial charge in [0.1, 0.15) is 12.2 Å². The molecule has 2 saturated heterocycles. The molecule has 0 aromatic heterocycles. The first kappa shape index (κ1) is 17.6. The van der Waals surface area contributed by atoms with Crippen LogP contribution in [0.2, 0.25) is 0 Å². The number of amides is 4. The number of carbonyl (C=O) groups excluding carboxylic acids is 4. The van der Waals surface area contributed by atoms with Crippen molar-refractivity contribution in [2.45, 2.75) is 37.5 Å². The molecular formula is C18H19FN4O4. The molecular weight excluding hydrogens is 355 g/mol. The van der Waals surface area contributed by atoms with Crippen LogP contribution in [0.4, 0.5) is 10.1 Å². The van der Waals surface area contributed by atoms with Gasteiger partial charge in [-0.3, -0.25) is 29.4 Å². The highest BCUT2D eigenvalue weighted by Gasteiger charge is 2.44. The fraction of sp³-hybridized carbons (Fsp3) is 0.444. The average Bonchev–Trinajstić information content (AvgIpc) is 2.88. The SMILES string of the molecule is O=C1CCC(N2C(=O)c3ccc(N[C@@H]4CCNC[C@H]4F)cc3C2=O)C(=O)N1. The maximum atomic E-state index is 14.0. The lowest BCUT2D eigenvalue weighted by atomic mass is 10.0. The molecule has 3 N–H and O–H groups in total. The van der Waals surface area contributed by atoms with Gasteiger partial charge in [0.2, 0.25) is 11.8 Å². The number of hydrogen-bond acceptors (Lipinski definition) is 6. The van der Waals surface area contributed by atoms with Crippen molar-refractivity contribution < 1.29 is 23.6 Å². The van der Waals surface area contributed by atoms with E-state index < -0.39 is 35.8 Å². The normalized spacial score (nSPS) is 28.2. The molecule has 3 aliphatic rings. The van der Waals surface area contributed by atoms with Gasteiger partial charge in [0, 0.05) is 18.7 Å². The van der Waals surface area contributed by atoms with E-state index >= 15 is 0 Å². The van der Waals surface area contributed by atoms with Crippen LogP contribution in [0.1, 0.15) is 40.0 Å². The van der Waals surface area contributed by atoms with Crippen LogP contribution in [0.3, 0.4) is 0 Å². The van der Waals surface area contributed by atoms with Crippen molar-refractivity contribution in [3.63, 3.8) is 0 Å². The zero-order chi connectivity index (χ0) is 19.1. The highest BCUT2D eigenvalue weighted by Crippen LogP contribution is 2.30. The molecule has 2 fully saturated rings. The largest absolute Gasteiger partial charge is 0.379 e. The first-order chi connectivity index (χ1) is 13.0. The Morgan fingerprint density at radius 1 is 1.07 bits per heavy atom. The molecule has 4 rings (SSSR count). The number of halogens is 1. The van der Waals surface area contributed by atoms with Crippen molar-refractivity contribution in [1.29, 1.82) is 0 Å². The molecule has 0 saturated carbocycles. The number of nitrogens with one attached hydrogen (secondary N) is 3. The van der Waals surface area contributed by atoms with E-state index in [1.54, 1.807) is 6.07 Å². The Bertz CT molecular complexity index is 843. The summed E-state index contributed by atoms with van der Waals surface area (Å²) in [6, 6.07) is 3.30. The summed E-state index contributed by atoms with van der Waals surface area (Å²) in [5.74, 6) is -2.19. The minimum atomic E-state index is -1.05. The lowest BCUT2D eigenvalue weighted by Crippen LogP contribution is -2.54. The number of imide groups is 2. The molecule has 0 spiro atoms. The summed E-state index contributed by atoms with van der Waals surface area (Å²) in [5.41, 5.74) is 0.936. The van der Waals surface area contributed by atoms with Gasteiger partial charge in [0.15, 0.2) is 0 Å². The maximum absolute atomic E-state index is 14.0. The van der Waals surface area contributed by atoms with Gasteiger partial charge < -0.3 is 10.6 Å². The summed E-state index contributed by atoms with van der Waals surface area (Å²) in [6.45, 7) is 0.965. The predicted octanol–water partition coefficient (Wildman–Crippen LogP) is 0.200. The zero-order valence-corrected chi connectivity index (χ0v) is 14.5. The summed E-state index contributed by atoms with van der Waals surface area (Å²) in [5, 5.41) is 8.22. The van der Waals surface area contributed by atoms with Crippen molar-refractivity contribution in [3.05, 3.63) is 29.3 Å². The predicted molar refractivity (Wildman–Crippen MR) is 92.9 cm³/mol. The van der Waals surface area contributed by atoms with E-state index in [0.717, 1.165) is 4.90 Å². The molecule has 27 heavy (non-hydrogen) atoms. The molecule has 9 heteroatoms. The van der Waals surface area contributed by atoms with Crippen LogP contribution in [0, 0.1) is 0 Å². The number of rotatable bonds is 3. The summed E-state index contributed by atoms with van der Waals surface area (Å²) < 4.78 is 14.0. The van der Waals surface area contributed by atoms with Gasteiger partial charge in [-0.25, -0.2) is 4.39 Å². The van der Waals surface area contributed by atoms with E-state index in [1.165, 1.54) is 12.1 Å². The number of fused-ring (bicyclic) bond motifs is 1. The topological polar surface area (TPSA) is 108 Å². The molecule has 142 valence electrons. The number of hydrogen-bond donors (Lipinski definition) is 3. The monoisotopic (exact) mass is 374 g/mol. The van der Waals surface area contributed by atoms with Crippen LogP contribution in [-0.2, 0) is 9.59 Å². The molecule has 3 aliphatic heterocycles. The first-order valence-corrected chi connectivity index (χ1v) is 8.92. The standard InChI is InChI=1S/C18H19FN4O4/c19-12-8-20-6-5-13(12)21-9-1-2-10-11(7-9)18(27)23(17(10)26)14-3-4-15(24)22-16(14)25/h1-2,7,12-14,20-21H,3-6,8H2,(H,22,24,25)/t12-,13-,14?/m1/s1. The quantitative estimate of drug-likeness (QED) is 0.653. The van der Waals surface area contributed by atoms with Gasteiger partial charge >= 0.3 is 0 Å². The minimum absolute atomic E-state index is 0.0736. The number of carbonyl (C=O) groups is 4. The Labute approximate surface area is 154 Å². The van der Waals surface area contributed by atoms with E-state index in [9.17, 15) is 23.6 Å². The lowest BCUT2D eigenvalue weighted by Gasteiger charge is -2.28. The van der Waals surface area contributed by atoms with Gasteiger partial charge in [0.25, 0.3) is 11.8 Å². The summed E-state index contributed by atoms with van der Waals surface area (Å²) in [7, 11) is 0.